The monoisotopic (exact) mass is 393 g/mol. The number of piperazine rings is 1. The Hall–Kier alpha value is -1.72. The first-order chi connectivity index (χ1) is 11.1. The molecule has 1 fully saturated rings. The number of amides is 2. The van der Waals surface area contributed by atoms with Gasteiger partial charge >= 0.3 is 6.03 Å². The molecule has 6 heteroatoms. The highest BCUT2D eigenvalue weighted by molar-refractivity contribution is 9.10. The number of carbonyl (C=O) groups excluding carboxylic acids is 1. The fourth-order valence-electron chi connectivity index (χ4n) is 2.61. The van der Waals surface area contributed by atoms with E-state index < -0.39 is 0 Å². The van der Waals surface area contributed by atoms with E-state index in [9.17, 15) is 4.79 Å². The Balaban J connectivity index is 1.57. The first kappa shape index (κ1) is 16.1. The average molecular weight is 395 g/mol. The highest BCUT2D eigenvalue weighted by atomic mass is 79.9. The minimum absolute atomic E-state index is 0.0613. The third-order valence-corrected chi connectivity index (χ3v) is 4.54. The molecule has 2 aromatic rings. The number of hydrogen-bond donors (Lipinski definition) is 1. The van der Waals surface area contributed by atoms with Crippen LogP contribution in [0.25, 0.3) is 0 Å². The van der Waals surface area contributed by atoms with Crippen molar-refractivity contribution in [3.05, 3.63) is 58.0 Å². The first-order valence-electron chi connectivity index (χ1n) is 7.44. The maximum Gasteiger partial charge on any atom is 0.321 e. The van der Waals surface area contributed by atoms with Gasteiger partial charge in [0.2, 0.25) is 0 Å². The van der Waals surface area contributed by atoms with Crippen molar-refractivity contribution in [2.45, 2.75) is 0 Å². The Bertz CT molecular complexity index is 702. The van der Waals surface area contributed by atoms with Gasteiger partial charge in [0.25, 0.3) is 0 Å². The summed E-state index contributed by atoms with van der Waals surface area (Å²) in [5.74, 6) is 0. The van der Waals surface area contributed by atoms with Gasteiger partial charge in [0.05, 0.1) is 0 Å². The molecule has 2 amide bonds. The van der Waals surface area contributed by atoms with Crippen LogP contribution in [0.1, 0.15) is 0 Å². The molecule has 0 aromatic heterocycles. The van der Waals surface area contributed by atoms with Gasteiger partial charge in [-0.1, -0.05) is 39.7 Å². The number of nitrogens with zero attached hydrogens (tertiary/aromatic N) is 2. The lowest BCUT2D eigenvalue weighted by molar-refractivity contribution is 0.208. The first-order valence-corrected chi connectivity index (χ1v) is 8.61. The Morgan fingerprint density at radius 3 is 2.48 bits per heavy atom. The molecule has 0 atom stereocenters. The summed E-state index contributed by atoms with van der Waals surface area (Å²) in [6, 6.07) is 15.4. The molecule has 23 heavy (non-hydrogen) atoms. The minimum atomic E-state index is -0.0613. The van der Waals surface area contributed by atoms with Crippen LogP contribution in [0.4, 0.5) is 16.2 Å². The second-order valence-electron chi connectivity index (χ2n) is 5.39. The molecule has 0 radical (unpaired) electrons. The predicted molar refractivity (Wildman–Crippen MR) is 98.4 cm³/mol. The Morgan fingerprint density at radius 1 is 1.04 bits per heavy atom. The molecular formula is C17H17BrClN3O. The molecule has 1 aliphatic heterocycles. The summed E-state index contributed by atoms with van der Waals surface area (Å²) in [6.45, 7) is 2.97. The summed E-state index contributed by atoms with van der Waals surface area (Å²) in [7, 11) is 0. The third-order valence-electron chi connectivity index (χ3n) is 3.82. The zero-order chi connectivity index (χ0) is 16.2. The number of anilines is 2. The normalized spacial score (nSPS) is 14.7. The zero-order valence-corrected chi connectivity index (χ0v) is 14.8. The summed E-state index contributed by atoms with van der Waals surface area (Å²) in [5.41, 5.74) is 1.89. The SMILES string of the molecule is O=C(Nc1cccc(Br)c1)N1CCN(c2cccc(Cl)c2)CC1. The van der Waals surface area contributed by atoms with E-state index >= 15 is 0 Å². The van der Waals surface area contributed by atoms with Crippen molar-refractivity contribution in [2.24, 2.45) is 0 Å². The summed E-state index contributed by atoms with van der Waals surface area (Å²) < 4.78 is 0.945. The second kappa shape index (κ2) is 7.23. The van der Waals surface area contributed by atoms with Crippen molar-refractivity contribution in [1.29, 1.82) is 0 Å². The van der Waals surface area contributed by atoms with Crippen molar-refractivity contribution >= 4 is 44.9 Å². The molecule has 4 nitrogen and oxygen atoms in total. The van der Waals surface area contributed by atoms with Gasteiger partial charge in [0.15, 0.2) is 0 Å². The quantitative estimate of drug-likeness (QED) is 0.816. The largest absolute Gasteiger partial charge is 0.368 e. The van der Waals surface area contributed by atoms with Crippen LogP contribution < -0.4 is 10.2 Å². The molecule has 1 heterocycles. The molecule has 1 N–H and O–H groups in total. The van der Waals surface area contributed by atoms with E-state index in [0.717, 1.165) is 34.0 Å². The van der Waals surface area contributed by atoms with Crippen molar-refractivity contribution in [2.75, 3.05) is 36.4 Å². The van der Waals surface area contributed by atoms with Gasteiger partial charge in [0, 0.05) is 47.0 Å². The lowest BCUT2D eigenvalue weighted by Gasteiger charge is -2.36. The fourth-order valence-corrected chi connectivity index (χ4v) is 3.19. The number of hydrogen-bond acceptors (Lipinski definition) is 2. The van der Waals surface area contributed by atoms with Crippen LogP contribution in [0.2, 0.25) is 5.02 Å². The standard InChI is InChI=1S/C17H17BrClN3O/c18-13-3-1-5-15(11-13)20-17(23)22-9-7-21(8-10-22)16-6-2-4-14(19)12-16/h1-6,11-12H,7-10H2,(H,20,23). The van der Waals surface area contributed by atoms with Gasteiger partial charge in [-0.3, -0.25) is 0 Å². The van der Waals surface area contributed by atoms with E-state index in [1.54, 1.807) is 0 Å². The van der Waals surface area contributed by atoms with Gasteiger partial charge in [-0.25, -0.2) is 4.79 Å². The van der Waals surface area contributed by atoms with Crippen LogP contribution in [-0.4, -0.2) is 37.1 Å². The van der Waals surface area contributed by atoms with Gasteiger partial charge < -0.3 is 15.1 Å². The number of urea groups is 1. The molecule has 1 aliphatic rings. The van der Waals surface area contributed by atoms with Gasteiger partial charge in [-0.05, 0) is 36.4 Å². The van der Waals surface area contributed by atoms with E-state index in [0.29, 0.717) is 13.1 Å². The summed E-state index contributed by atoms with van der Waals surface area (Å²) in [5, 5.41) is 3.67. The number of halogens is 2. The Labute approximate surface area is 149 Å². The highest BCUT2D eigenvalue weighted by Crippen LogP contribution is 2.21. The molecule has 0 spiro atoms. The maximum atomic E-state index is 12.3. The summed E-state index contributed by atoms with van der Waals surface area (Å²) in [6.07, 6.45) is 0. The molecule has 0 aliphatic carbocycles. The topological polar surface area (TPSA) is 35.6 Å². The number of benzene rings is 2. The van der Waals surface area contributed by atoms with Crippen LogP contribution >= 0.6 is 27.5 Å². The molecule has 0 bridgehead atoms. The third kappa shape index (κ3) is 4.18. The maximum absolute atomic E-state index is 12.3. The van der Waals surface area contributed by atoms with Gasteiger partial charge in [-0.2, -0.15) is 0 Å². The Kier molecular flexibility index (Phi) is 5.08. The van der Waals surface area contributed by atoms with Crippen molar-refractivity contribution in [1.82, 2.24) is 4.90 Å². The second-order valence-corrected chi connectivity index (χ2v) is 6.75. The Morgan fingerprint density at radius 2 is 1.78 bits per heavy atom. The highest BCUT2D eigenvalue weighted by Gasteiger charge is 2.21. The summed E-state index contributed by atoms with van der Waals surface area (Å²) >= 11 is 9.45. The van der Waals surface area contributed by atoms with E-state index in [2.05, 4.69) is 26.1 Å². The molecule has 120 valence electrons. The number of rotatable bonds is 2. The molecule has 1 saturated heterocycles. The molecule has 0 saturated carbocycles. The number of nitrogens with one attached hydrogen (secondary N) is 1. The summed E-state index contributed by atoms with van der Waals surface area (Å²) in [4.78, 5) is 16.4. The fraction of sp³-hybridized carbons (Fsp3) is 0.235. The van der Waals surface area contributed by atoms with Crippen LogP contribution in [0, 0.1) is 0 Å². The zero-order valence-electron chi connectivity index (χ0n) is 12.5. The smallest absolute Gasteiger partial charge is 0.321 e. The molecule has 3 rings (SSSR count). The van der Waals surface area contributed by atoms with Crippen LogP contribution in [0.15, 0.2) is 53.0 Å². The van der Waals surface area contributed by atoms with Gasteiger partial charge in [-0.15, -0.1) is 0 Å². The van der Waals surface area contributed by atoms with E-state index in [4.69, 9.17) is 11.6 Å². The minimum Gasteiger partial charge on any atom is -0.368 e. The predicted octanol–water partition coefficient (Wildman–Crippen LogP) is 4.46. The molecule has 2 aromatic carbocycles. The lowest BCUT2D eigenvalue weighted by Crippen LogP contribution is -2.50. The van der Waals surface area contributed by atoms with Crippen LogP contribution in [0.5, 0.6) is 0 Å². The van der Waals surface area contributed by atoms with Crippen molar-refractivity contribution in [3.63, 3.8) is 0 Å². The van der Waals surface area contributed by atoms with Crippen molar-refractivity contribution in [3.8, 4) is 0 Å². The lowest BCUT2D eigenvalue weighted by atomic mass is 10.2. The molecular weight excluding hydrogens is 378 g/mol. The van der Waals surface area contributed by atoms with Crippen LogP contribution in [-0.2, 0) is 0 Å². The van der Waals surface area contributed by atoms with Gasteiger partial charge in [0.1, 0.15) is 0 Å². The van der Waals surface area contributed by atoms with E-state index in [1.165, 1.54) is 0 Å². The van der Waals surface area contributed by atoms with Crippen molar-refractivity contribution < 1.29 is 4.79 Å². The van der Waals surface area contributed by atoms with E-state index in [-0.39, 0.29) is 6.03 Å². The molecule has 0 unspecified atom stereocenters. The van der Waals surface area contributed by atoms with Crippen LogP contribution in [0.3, 0.4) is 0 Å². The number of carbonyl (C=O) groups is 1. The van der Waals surface area contributed by atoms with E-state index in [1.807, 2.05) is 53.4 Å². The average Bonchev–Trinajstić information content (AvgIpc) is 2.55.